The molecule has 4 N–H and O–H groups in total. The maximum absolute atomic E-state index is 12.8. The van der Waals surface area contributed by atoms with E-state index in [9.17, 15) is 19.2 Å². The maximum atomic E-state index is 12.8. The highest BCUT2D eigenvalue weighted by Crippen LogP contribution is 2.21. The first-order chi connectivity index (χ1) is 16.4. The van der Waals surface area contributed by atoms with Gasteiger partial charge >= 0.3 is 6.09 Å². The normalized spacial score (nSPS) is 14.3. The lowest BCUT2D eigenvalue weighted by Crippen LogP contribution is -2.50. The number of hydrogen-bond donors (Lipinski definition) is 4. The summed E-state index contributed by atoms with van der Waals surface area (Å²) in [7, 11) is 0. The largest absolute Gasteiger partial charge is 0.447 e. The number of amides is 4. The first-order valence-electron chi connectivity index (χ1n) is 10.2. The van der Waals surface area contributed by atoms with Crippen LogP contribution in [0.3, 0.4) is 0 Å². The first-order valence-corrected chi connectivity index (χ1v) is 11.4. The van der Waals surface area contributed by atoms with Gasteiger partial charge in [0.05, 0.1) is 22.4 Å². The van der Waals surface area contributed by atoms with Gasteiger partial charge in [-0.25, -0.2) is 4.79 Å². The molecule has 182 valence electrons. The van der Waals surface area contributed by atoms with Gasteiger partial charge in [-0.05, 0) is 36.4 Å². The van der Waals surface area contributed by atoms with E-state index in [2.05, 4.69) is 16.0 Å². The molecule has 0 unspecified atom stereocenters. The molecule has 0 bridgehead atoms. The quantitative estimate of drug-likeness (QED) is 0.396. The molecule has 1 fully saturated rings. The number of aliphatic hydroxyl groups is 1. The molecule has 2 aromatic rings. The number of rotatable bonds is 9. The number of halogens is 1. The number of benzene rings is 1. The number of alkyl carbamates (subject to hydrolysis) is 1. The lowest BCUT2D eigenvalue weighted by Gasteiger charge is -2.27. The number of aliphatic hydroxyl groups excluding tert-OH is 1. The summed E-state index contributed by atoms with van der Waals surface area (Å²) in [6.07, 6.45) is -0.927. The molecule has 1 aromatic heterocycles. The SMILES string of the molecule is O=C(N[C@@H](CNC(=O)c1ccc(Cl)s1)C(=O)Nc1ccc(N2CCOCC2=O)cc1)OCCO. The summed E-state index contributed by atoms with van der Waals surface area (Å²) in [6, 6.07) is 8.53. The predicted molar refractivity (Wildman–Crippen MR) is 125 cm³/mol. The van der Waals surface area contributed by atoms with E-state index >= 15 is 0 Å². The van der Waals surface area contributed by atoms with Crippen LogP contribution in [0.4, 0.5) is 16.2 Å². The Kier molecular flexibility index (Phi) is 9.22. The summed E-state index contributed by atoms with van der Waals surface area (Å²) in [5.74, 6) is -1.23. The molecule has 34 heavy (non-hydrogen) atoms. The van der Waals surface area contributed by atoms with Gasteiger partial charge in [0.1, 0.15) is 19.3 Å². The van der Waals surface area contributed by atoms with Crippen molar-refractivity contribution < 1.29 is 33.8 Å². The van der Waals surface area contributed by atoms with Gasteiger partial charge in [0, 0.05) is 24.5 Å². The third-order valence-corrected chi connectivity index (χ3v) is 5.86. The molecule has 0 spiro atoms. The molecule has 1 aliphatic rings. The second-order valence-corrected chi connectivity index (χ2v) is 8.72. The molecule has 2 heterocycles. The van der Waals surface area contributed by atoms with E-state index < -0.39 is 23.9 Å². The van der Waals surface area contributed by atoms with Gasteiger partial charge < -0.3 is 35.4 Å². The fraction of sp³-hybridized carbons (Fsp3) is 0.333. The zero-order valence-electron chi connectivity index (χ0n) is 17.9. The van der Waals surface area contributed by atoms with Gasteiger partial charge in [0.15, 0.2) is 0 Å². The van der Waals surface area contributed by atoms with Crippen molar-refractivity contribution in [3.05, 3.63) is 45.6 Å². The highest BCUT2D eigenvalue weighted by molar-refractivity contribution is 7.18. The predicted octanol–water partition coefficient (Wildman–Crippen LogP) is 1.22. The van der Waals surface area contributed by atoms with Crippen LogP contribution in [0.1, 0.15) is 9.67 Å². The van der Waals surface area contributed by atoms with Gasteiger partial charge in [-0.15, -0.1) is 11.3 Å². The highest BCUT2D eigenvalue weighted by atomic mass is 35.5. The smallest absolute Gasteiger partial charge is 0.407 e. The van der Waals surface area contributed by atoms with Gasteiger partial charge in [-0.2, -0.15) is 0 Å². The van der Waals surface area contributed by atoms with Crippen molar-refractivity contribution in [2.24, 2.45) is 0 Å². The molecule has 4 amide bonds. The third kappa shape index (κ3) is 7.15. The van der Waals surface area contributed by atoms with Crippen molar-refractivity contribution in [3.8, 4) is 0 Å². The van der Waals surface area contributed by atoms with Crippen LogP contribution in [0.5, 0.6) is 0 Å². The first kappa shape index (κ1) is 25.4. The van der Waals surface area contributed by atoms with Gasteiger partial charge in [0.2, 0.25) is 5.91 Å². The van der Waals surface area contributed by atoms with Crippen LogP contribution in [0.15, 0.2) is 36.4 Å². The second-order valence-electron chi connectivity index (χ2n) is 7.00. The number of anilines is 2. The maximum Gasteiger partial charge on any atom is 0.407 e. The van der Waals surface area contributed by atoms with E-state index in [-0.39, 0.29) is 32.3 Å². The summed E-state index contributed by atoms with van der Waals surface area (Å²) in [6.45, 7) is 0.0332. The highest BCUT2D eigenvalue weighted by Gasteiger charge is 2.24. The Balaban J connectivity index is 1.64. The Bertz CT molecular complexity index is 1030. The number of nitrogens with one attached hydrogen (secondary N) is 3. The Morgan fingerprint density at radius 2 is 1.97 bits per heavy atom. The molecule has 0 aliphatic carbocycles. The van der Waals surface area contributed by atoms with Crippen LogP contribution in [-0.2, 0) is 19.1 Å². The molecule has 11 nitrogen and oxygen atoms in total. The van der Waals surface area contributed by atoms with Crippen molar-refractivity contribution in [1.82, 2.24) is 10.6 Å². The topological polar surface area (TPSA) is 146 Å². The van der Waals surface area contributed by atoms with Gasteiger partial charge in [-0.1, -0.05) is 11.6 Å². The number of carbonyl (C=O) groups is 4. The van der Waals surface area contributed by atoms with Crippen LogP contribution >= 0.6 is 22.9 Å². The van der Waals surface area contributed by atoms with Crippen LogP contribution < -0.4 is 20.9 Å². The number of ether oxygens (including phenoxy) is 2. The van der Waals surface area contributed by atoms with E-state index in [1.54, 1.807) is 41.3 Å². The summed E-state index contributed by atoms with van der Waals surface area (Å²) in [5, 5.41) is 16.4. The van der Waals surface area contributed by atoms with Crippen molar-refractivity contribution in [2.45, 2.75) is 6.04 Å². The van der Waals surface area contributed by atoms with E-state index in [0.29, 0.717) is 33.7 Å². The molecular formula is C21H23ClN4O7S. The standard InChI is InChI=1S/C21H23ClN4O7S/c22-17-6-5-16(34-17)20(30)23-11-15(25-21(31)33-10-8-27)19(29)24-13-1-3-14(4-2-13)26-7-9-32-12-18(26)28/h1-6,15,27H,7-12H2,(H,23,30)(H,24,29)(H,25,31)/t15-/m0/s1. The molecule has 0 saturated carbocycles. The van der Waals surface area contributed by atoms with E-state index in [0.717, 1.165) is 11.3 Å². The fourth-order valence-electron chi connectivity index (χ4n) is 2.99. The van der Waals surface area contributed by atoms with Crippen LogP contribution in [0.2, 0.25) is 4.34 Å². The number of carbonyl (C=O) groups excluding carboxylic acids is 4. The van der Waals surface area contributed by atoms with E-state index in [1.165, 1.54) is 0 Å². The van der Waals surface area contributed by atoms with E-state index in [1.807, 2.05) is 0 Å². The van der Waals surface area contributed by atoms with Crippen LogP contribution in [-0.4, -0.2) is 74.5 Å². The third-order valence-electron chi connectivity index (χ3n) is 4.63. The summed E-state index contributed by atoms with van der Waals surface area (Å²) in [5.41, 5.74) is 1.08. The van der Waals surface area contributed by atoms with Crippen molar-refractivity contribution in [1.29, 1.82) is 0 Å². The van der Waals surface area contributed by atoms with Crippen LogP contribution in [0.25, 0.3) is 0 Å². The summed E-state index contributed by atoms with van der Waals surface area (Å²) >= 11 is 6.92. The summed E-state index contributed by atoms with van der Waals surface area (Å²) < 4.78 is 10.3. The lowest BCUT2D eigenvalue weighted by molar-refractivity contribution is -0.125. The Labute approximate surface area is 204 Å². The van der Waals surface area contributed by atoms with Crippen LogP contribution in [0, 0.1) is 0 Å². The minimum Gasteiger partial charge on any atom is -0.447 e. The average molecular weight is 511 g/mol. The molecule has 0 radical (unpaired) electrons. The molecule has 1 atom stereocenters. The number of thiophene rings is 1. The molecular weight excluding hydrogens is 488 g/mol. The average Bonchev–Trinajstić information content (AvgIpc) is 3.27. The lowest BCUT2D eigenvalue weighted by atomic mass is 10.2. The van der Waals surface area contributed by atoms with Crippen molar-refractivity contribution in [2.75, 3.05) is 49.7 Å². The Hall–Kier alpha value is -3.19. The number of nitrogens with zero attached hydrogens (tertiary/aromatic N) is 1. The monoisotopic (exact) mass is 510 g/mol. The zero-order chi connectivity index (χ0) is 24.5. The van der Waals surface area contributed by atoms with Crippen molar-refractivity contribution >= 4 is 58.1 Å². The van der Waals surface area contributed by atoms with E-state index in [4.69, 9.17) is 26.2 Å². The minimum atomic E-state index is -1.17. The molecule has 3 rings (SSSR count). The molecule has 1 saturated heterocycles. The second kappa shape index (κ2) is 12.3. The van der Waals surface area contributed by atoms with Gasteiger partial charge in [-0.3, -0.25) is 14.4 Å². The molecule has 1 aliphatic heterocycles. The number of morpholine rings is 1. The minimum absolute atomic E-state index is 0.0155. The Morgan fingerprint density at radius 1 is 1.21 bits per heavy atom. The van der Waals surface area contributed by atoms with Gasteiger partial charge in [0.25, 0.3) is 11.8 Å². The Morgan fingerprint density at radius 3 is 2.62 bits per heavy atom. The molecule has 13 heteroatoms. The van der Waals surface area contributed by atoms with Crippen molar-refractivity contribution in [3.63, 3.8) is 0 Å². The summed E-state index contributed by atoms with van der Waals surface area (Å²) in [4.78, 5) is 51.0. The number of hydrogen-bond acceptors (Lipinski definition) is 8. The fourth-order valence-corrected chi connectivity index (χ4v) is 3.95. The molecule has 1 aromatic carbocycles. The zero-order valence-corrected chi connectivity index (χ0v) is 19.5.